The minimum Gasteiger partial charge on any atom is -0.400 e. The van der Waals surface area contributed by atoms with E-state index in [4.69, 9.17) is 10.5 Å². The number of carbonyl (C=O) groups is 1. The highest BCUT2D eigenvalue weighted by atomic mass is 32.2. The van der Waals surface area contributed by atoms with Gasteiger partial charge in [-0.05, 0) is 18.6 Å². The molecule has 1 aromatic rings. The number of pyridine rings is 1. The average Bonchev–Trinajstić information content (AvgIpc) is 2.70. The Hall–Kier alpha value is -2.07. The molecule has 6 nitrogen and oxygen atoms in total. The monoisotopic (exact) mass is 446 g/mol. The fourth-order valence-electron chi connectivity index (χ4n) is 2.44. The highest BCUT2D eigenvalue weighted by molar-refractivity contribution is 7.99. The SMILES string of the molecule is CCCC(N)=C(C=Nc1cccnc1)N(CCOC)C(=O)CCSCCC(F)(F)F. The predicted molar refractivity (Wildman–Crippen MR) is 115 cm³/mol. The summed E-state index contributed by atoms with van der Waals surface area (Å²) in [6.45, 7) is 2.53. The van der Waals surface area contributed by atoms with Gasteiger partial charge in [-0.15, -0.1) is 0 Å². The molecule has 10 heteroatoms. The Morgan fingerprint density at radius 1 is 1.37 bits per heavy atom. The molecule has 0 spiro atoms. The van der Waals surface area contributed by atoms with E-state index in [-0.39, 0.29) is 31.2 Å². The number of carbonyl (C=O) groups excluding carboxylic acids is 1. The minimum atomic E-state index is -4.19. The van der Waals surface area contributed by atoms with Gasteiger partial charge in [-0.3, -0.25) is 14.8 Å². The van der Waals surface area contributed by atoms with Crippen LogP contribution in [0.25, 0.3) is 0 Å². The van der Waals surface area contributed by atoms with Gasteiger partial charge < -0.3 is 15.4 Å². The number of aromatic nitrogens is 1. The lowest BCUT2D eigenvalue weighted by Gasteiger charge is -2.25. The number of rotatable bonds is 13. The summed E-state index contributed by atoms with van der Waals surface area (Å²) in [6, 6.07) is 3.52. The van der Waals surface area contributed by atoms with Crippen LogP contribution in [0.3, 0.4) is 0 Å². The number of allylic oxidation sites excluding steroid dienone is 2. The molecule has 2 N–H and O–H groups in total. The van der Waals surface area contributed by atoms with Crippen LogP contribution in [0.5, 0.6) is 0 Å². The van der Waals surface area contributed by atoms with Crippen molar-refractivity contribution in [2.45, 2.75) is 38.8 Å². The third-order valence-electron chi connectivity index (χ3n) is 3.93. The van der Waals surface area contributed by atoms with Crippen LogP contribution >= 0.6 is 11.8 Å². The van der Waals surface area contributed by atoms with E-state index < -0.39 is 12.6 Å². The van der Waals surface area contributed by atoms with Crippen LogP contribution in [0.2, 0.25) is 0 Å². The molecule has 168 valence electrons. The van der Waals surface area contributed by atoms with Crippen molar-refractivity contribution in [3.63, 3.8) is 0 Å². The van der Waals surface area contributed by atoms with Crippen LogP contribution in [0.15, 0.2) is 40.9 Å². The normalized spacial score (nSPS) is 12.8. The largest absolute Gasteiger partial charge is 0.400 e. The van der Waals surface area contributed by atoms with Crippen LogP contribution in [-0.4, -0.2) is 59.9 Å². The molecule has 0 fully saturated rings. The Balaban J connectivity index is 2.92. The van der Waals surface area contributed by atoms with Crippen LogP contribution in [-0.2, 0) is 9.53 Å². The maximum absolute atomic E-state index is 12.8. The van der Waals surface area contributed by atoms with Gasteiger partial charge in [-0.2, -0.15) is 24.9 Å². The number of nitrogens with zero attached hydrogens (tertiary/aromatic N) is 3. The zero-order valence-corrected chi connectivity index (χ0v) is 18.1. The zero-order valence-electron chi connectivity index (χ0n) is 17.3. The number of halogens is 3. The quantitative estimate of drug-likeness (QED) is 0.361. The molecule has 0 bridgehead atoms. The van der Waals surface area contributed by atoms with Crippen LogP contribution in [0, 0.1) is 0 Å². The number of ether oxygens (including phenoxy) is 1. The van der Waals surface area contributed by atoms with E-state index in [2.05, 4.69) is 9.98 Å². The molecule has 1 heterocycles. The molecule has 0 aliphatic heterocycles. The summed E-state index contributed by atoms with van der Waals surface area (Å²) in [5.74, 6) is -0.0184. The smallest absolute Gasteiger partial charge is 0.389 e. The van der Waals surface area contributed by atoms with Crippen LogP contribution in [0.4, 0.5) is 18.9 Å². The van der Waals surface area contributed by atoms with Crippen molar-refractivity contribution in [2.75, 3.05) is 31.8 Å². The first-order valence-electron chi connectivity index (χ1n) is 9.65. The molecular weight excluding hydrogens is 417 g/mol. The van der Waals surface area contributed by atoms with E-state index in [9.17, 15) is 18.0 Å². The highest BCUT2D eigenvalue weighted by Crippen LogP contribution is 2.22. The summed E-state index contributed by atoms with van der Waals surface area (Å²) in [5.41, 5.74) is 7.84. The molecule has 30 heavy (non-hydrogen) atoms. The molecular formula is C20H29F3N4O2S. The molecule has 1 aromatic heterocycles. The molecule has 0 radical (unpaired) electrons. The Kier molecular flexibility index (Phi) is 12.1. The fourth-order valence-corrected chi connectivity index (χ4v) is 3.33. The zero-order chi connectivity index (χ0) is 22.4. The van der Waals surface area contributed by atoms with E-state index in [0.717, 1.165) is 18.2 Å². The van der Waals surface area contributed by atoms with Gasteiger partial charge in [-0.1, -0.05) is 13.3 Å². The number of amides is 1. The Morgan fingerprint density at radius 2 is 2.13 bits per heavy atom. The molecule has 0 saturated heterocycles. The molecule has 0 aliphatic rings. The first-order chi connectivity index (χ1) is 14.3. The standard InChI is InChI=1S/C20H29F3N4O2S/c1-3-5-17(24)18(15-26-16-6-4-9-25-14-16)27(10-11-29-2)19(28)7-12-30-13-8-20(21,22)23/h4,6,9,14-15H,3,5,7-8,10-13,24H2,1-2H3. The number of hydrogen-bond acceptors (Lipinski definition) is 6. The molecule has 1 amide bonds. The fraction of sp³-hybridized carbons (Fsp3) is 0.550. The minimum absolute atomic E-state index is 0.0714. The third-order valence-corrected chi connectivity index (χ3v) is 4.92. The van der Waals surface area contributed by atoms with Crippen molar-refractivity contribution in [3.8, 4) is 0 Å². The van der Waals surface area contributed by atoms with Gasteiger partial charge in [0.05, 0.1) is 36.8 Å². The molecule has 0 unspecified atom stereocenters. The van der Waals surface area contributed by atoms with Gasteiger partial charge in [0, 0.05) is 43.5 Å². The molecule has 0 saturated carbocycles. The van der Waals surface area contributed by atoms with Gasteiger partial charge >= 0.3 is 6.18 Å². The van der Waals surface area contributed by atoms with Crippen molar-refractivity contribution < 1.29 is 22.7 Å². The second-order valence-electron chi connectivity index (χ2n) is 6.40. The summed E-state index contributed by atoms with van der Waals surface area (Å²) in [6.07, 6.45) is 1.15. The Labute approximate surface area is 179 Å². The molecule has 0 atom stereocenters. The van der Waals surface area contributed by atoms with E-state index in [1.54, 1.807) is 24.5 Å². The lowest BCUT2D eigenvalue weighted by atomic mass is 10.2. The summed E-state index contributed by atoms with van der Waals surface area (Å²) in [7, 11) is 1.53. The third kappa shape index (κ3) is 10.6. The molecule has 0 aliphatic carbocycles. The van der Waals surface area contributed by atoms with Gasteiger partial charge in [0.2, 0.25) is 5.91 Å². The van der Waals surface area contributed by atoms with Crippen LogP contribution in [0.1, 0.15) is 32.6 Å². The maximum atomic E-state index is 12.8. The predicted octanol–water partition coefficient (Wildman–Crippen LogP) is 4.31. The lowest BCUT2D eigenvalue weighted by Crippen LogP contribution is -2.36. The van der Waals surface area contributed by atoms with E-state index >= 15 is 0 Å². The number of alkyl halides is 3. The second-order valence-corrected chi connectivity index (χ2v) is 7.62. The maximum Gasteiger partial charge on any atom is 0.389 e. The lowest BCUT2D eigenvalue weighted by molar-refractivity contribution is -0.129. The Bertz CT molecular complexity index is 697. The second kappa shape index (κ2) is 14.0. The topological polar surface area (TPSA) is 80.8 Å². The van der Waals surface area contributed by atoms with Crippen molar-refractivity contribution in [1.82, 2.24) is 9.88 Å². The highest BCUT2D eigenvalue weighted by Gasteiger charge is 2.26. The van der Waals surface area contributed by atoms with Crippen LogP contribution < -0.4 is 5.73 Å². The van der Waals surface area contributed by atoms with Crippen molar-refractivity contribution in [2.24, 2.45) is 10.7 Å². The number of aliphatic imine (C=N–C) groups is 1. The number of thioether (sulfide) groups is 1. The summed E-state index contributed by atoms with van der Waals surface area (Å²) in [5, 5.41) is 0. The van der Waals surface area contributed by atoms with E-state index in [0.29, 0.717) is 29.3 Å². The van der Waals surface area contributed by atoms with Crippen molar-refractivity contribution >= 4 is 29.6 Å². The summed E-state index contributed by atoms with van der Waals surface area (Å²) >= 11 is 1.10. The van der Waals surface area contributed by atoms with E-state index in [1.165, 1.54) is 18.2 Å². The number of methoxy groups -OCH3 is 1. The average molecular weight is 447 g/mol. The van der Waals surface area contributed by atoms with Crippen molar-refractivity contribution in [3.05, 3.63) is 35.9 Å². The van der Waals surface area contributed by atoms with Gasteiger partial charge in [-0.25, -0.2) is 0 Å². The van der Waals surface area contributed by atoms with Crippen molar-refractivity contribution in [1.29, 1.82) is 0 Å². The molecule has 1 rings (SSSR count). The first kappa shape index (κ1) is 26.0. The first-order valence-corrected chi connectivity index (χ1v) is 10.8. The van der Waals surface area contributed by atoms with Gasteiger partial charge in [0.1, 0.15) is 0 Å². The summed E-state index contributed by atoms with van der Waals surface area (Å²) in [4.78, 5) is 22.7. The van der Waals surface area contributed by atoms with Gasteiger partial charge in [0.25, 0.3) is 0 Å². The molecule has 0 aromatic carbocycles. The Morgan fingerprint density at radius 3 is 2.73 bits per heavy atom. The van der Waals surface area contributed by atoms with Gasteiger partial charge in [0.15, 0.2) is 0 Å². The summed E-state index contributed by atoms with van der Waals surface area (Å²) < 4.78 is 41.9. The number of nitrogens with two attached hydrogens (primary N) is 1. The number of hydrogen-bond donors (Lipinski definition) is 1. The van der Waals surface area contributed by atoms with E-state index in [1.807, 2.05) is 6.92 Å².